The zero-order valence-electron chi connectivity index (χ0n) is 10.1. The van der Waals surface area contributed by atoms with E-state index < -0.39 is 10.0 Å². The number of nitrogens with one attached hydrogen (secondary N) is 1. The lowest BCUT2D eigenvalue weighted by atomic mass is 10.2. The molecule has 0 fully saturated rings. The molecule has 0 spiro atoms. The van der Waals surface area contributed by atoms with Crippen LogP contribution in [0.3, 0.4) is 0 Å². The smallest absolute Gasteiger partial charge is 0.207 e. The minimum absolute atomic E-state index is 0.0638. The minimum Gasteiger partial charge on any atom is -0.207 e. The lowest BCUT2D eigenvalue weighted by Gasteiger charge is -2.08. The predicted octanol–water partition coefficient (Wildman–Crippen LogP) is 4.13. The SMILES string of the molecule is O=S(=O)(NCc1cccc(Cl)c1)c1ccc(Cl)c(Cl)c1. The Morgan fingerprint density at radius 3 is 2.35 bits per heavy atom. The van der Waals surface area contributed by atoms with Gasteiger partial charge in [0.1, 0.15) is 0 Å². The van der Waals surface area contributed by atoms with Gasteiger partial charge in [-0.25, -0.2) is 13.1 Å². The van der Waals surface area contributed by atoms with E-state index in [0.717, 1.165) is 5.56 Å². The molecular weight excluding hydrogens is 341 g/mol. The fraction of sp³-hybridized carbons (Fsp3) is 0.0769. The molecule has 0 aliphatic carbocycles. The third-order valence-corrected chi connectivity index (χ3v) is 4.93. The standard InChI is InChI=1S/C13H10Cl3NO2S/c14-10-3-1-2-9(6-10)8-17-20(18,19)11-4-5-12(15)13(16)7-11/h1-7,17H,8H2. The Morgan fingerprint density at radius 2 is 1.70 bits per heavy atom. The Hall–Kier alpha value is -0.780. The van der Waals surface area contributed by atoms with Crippen LogP contribution < -0.4 is 4.72 Å². The highest BCUT2D eigenvalue weighted by atomic mass is 35.5. The van der Waals surface area contributed by atoms with Gasteiger partial charge in [0.25, 0.3) is 0 Å². The van der Waals surface area contributed by atoms with Crippen molar-refractivity contribution < 1.29 is 8.42 Å². The van der Waals surface area contributed by atoms with Gasteiger partial charge in [0.15, 0.2) is 0 Å². The van der Waals surface area contributed by atoms with E-state index >= 15 is 0 Å². The second-order valence-electron chi connectivity index (χ2n) is 4.03. The van der Waals surface area contributed by atoms with E-state index in [0.29, 0.717) is 10.0 Å². The Morgan fingerprint density at radius 1 is 0.950 bits per heavy atom. The Kier molecular flexibility index (Phi) is 4.94. The molecule has 0 amide bonds. The van der Waals surface area contributed by atoms with Gasteiger partial charge in [-0.1, -0.05) is 46.9 Å². The van der Waals surface area contributed by atoms with Crippen LogP contribution in [0.4, 0.5) is 0 Å². The summed E-state index contributed by atoms with van der Waals surface area (Å²) in [7, 11) is -3.65. The molecule has 0 aliphatic heterocycles. The molecular formula is C13H10Cl3NO2S. The average Bonchev–Trinajstić information content (AvgIpc) is 2.40. The van der Waals surface area contributed by atoms with Gasteiger partial charge in [-0.2, -0.15) is 0 Å². The van der Waals surface area contributed by atoms with Crippen LogP contribution in [-0.2, 0) is 16.6 Å². The van der Waals surface area contributed by atoms with Crippen LogP contribution in [0, 0.1) is 0 Å². The van der Waals surface area contributed by atoms with E-state index in [2.05, 4.69) is 4.72 Å². The van der Waals surface area contributed by atoms with Crippen molar-refractivity contribution in [2.24, 2.45) is 0 Å². The van der Waals surface area contributed by atoms with Crippen LogP contribution in [0.5, 0.6) is 0 Å². The molecule has 0 aliphatic rings. The lowest BCUT2D eigenvalue weighted by Crippen LogP contribution is -2.23. The first kappa shape index (κ1) is 15.6. The first-order valence-corrected chi connectivity index (χ1v) is 8.19. The predicted molar refractivity (Wildman–Crippen MR) is 81.9 cm³/mol. The highest BCUT2D eigenvalue weighted by Gasteiger charge is 2.15. The molecule has 0 aromatic heterocycles. The summed E-state index contributed by atoms with van der Waals surface area (Å²) in [5, 5.41) is 1.05. The summed E-state index contributed by atoms with van der Waals surface area (Å²) in [5.74, 6) is 0. The van der Waals surface area contributed by atoms with Crippen molar-refractivity contribution in [3.8, 4) is 0 Å². The van der Waals surface area contributed by atoms with Crippen molar-refractivity contribution in [3.05, 3.63) is 63.1 Å². The first-order chi connectivity index (χ1) is 9.38. The molecule has 0 atom stereocenters. The summed E-state index contributed by atoms with van der Waals surface area (Å²) in [6.45, 7) is 0.142. The number of rotatable bonds is 4. The molecule has 7 heteroatoms. The zero-order valence-corrected chi connectivity index (χ0v) is 13.2. The van der Waals surface area contributed by atoms with Crippen molar-refractivity contribution in [1.82, 2.24) is 4.72 Å². The molecule has 106 valence electrons. The number of halogens is 3. The van der Waals surface area contributed by atoms with E-state index in [9.17, 15) is 8.42 Å². The topological polar surface area (TPSA) is 46.2 Å². The highest BCUT2D eigenvalue weighted by Crippen LogP contribution is 2.24. The van der Waals surface area contributed by atoms with E-state index in [4.69, 9.17) is 34.8 Å². The van der Waals surface area contributed by atoms with Crippen LogP contribution in [0.1, 0.15) is 5.56 Å². The van der Waals surface area contributed by atoms with Gasteiger partial charge in [0, 0.05) is 11.6 Å². The van der Waals surface area contributed by atoms with Crippen LogP contribution in [0.15, 0.2) is 47.4 Å². The molecule has 1 N–H and O–H groups in total. The maximum Gasteiger partial charge on any atom is 0.240 e. The van der Waals surface area contributed by atoms with E-state index in [1.165, 1.54) is 18.2 Å². The minimum atomic E-state index is -3.65. The van der Waals surface area contributed by atoms with Crippen molar-refractivity contribution >= 4 is 44.8 Å². The molecule has 20 heavy (non-hydrogen) atoms. The molecule has 2 aromatic rings. The molecule has 3 nitrogen and oxygen atoms in total. The third kappa shape index (κ3) is 3.87. The van der Waals surface area contributed by atoms with E-state index in [1.54, 1.807) is 24.3 Å². The van der Waals surface area contributed by atoms with Crippen molar-refractivity contribution in [3.63, 3.8) is 0 Å². The van der Waals surface area contributed by atoms with Gasteiger partial charge >= 0.3 is 0 Å². The van der Waals surface area contributed by atoms with Crippen LogP contribution >= 0.6 is 34.8 Å². The Balaban J connectivity index is 2.17. The van der Waals surface area contributed by atoms with Gasteiger partial charge < -0.3 is 0 Å². The number of benzene rings is 2. The van der Waals surface area contributed by atoms with Gasteiger partial charge in [-0.15, -0.1) is 0 Å². The summed E-state index contributed by atoms with van der Waals surface area (Å²) >= 11 is 17.4. The number of hydrogen-bond acceptors (Lipinski definition) is 2. The summed E-state index contributed by atoms with van der Waals surface area (Å²) in [6, 6.07) is 11.1. The Bertz CT molecular complexity index is 732. The van der Waals surface area contributed by atoms with Crippen LogP contribution in [-0.4, -0.2) is 8.42 Å². The summed E-state index contributed by atoms with van der Waals surface area (Å²) in [5.41, 5.74) is 0.765. The molecule has 0 bridgehead atoms. The van der Waals surface area contributed by atoms with Crippen molar-refractivity contribution in [1.29, 1.82) is 0 Å². The van der Waals surface area contributed by atoms with Crippen molar-refractivity contribution in [2.75, 3.05) is 0 Å². The molecule has 0 radical (unpaired) electrons. The average molecular weight is 351 g/mol. The quantitative estimate of drug-likeness (QED) is 0.901. The normalized spacial score (nSPS) is 11.6. The number of hydrogen-bond donors (Lipinski definition) is 1. The monoisotopic (exact) mass is 349 g/mol. The van der Waals surface area contributed by atoms with Gasteiger partial charge in [-0.3, -0.25) is 0 Å². The fourth-order valence-corrected chi connectivity index (χ4v) is 3.17. The van der Waals surface area contributed by atoms with Gasteiger partial charge in [0.2, 0.25) is 10.0 Å². The largest absolute Gasteiger partial charge is 0.240 e. The highest BCUT2D eigenvalue weighted by molar-refractivity contribution is 7.89. The lowest BCUT2D eigenvalue weighted by molar-refractivity contribution is 0.581. The van der Waals surface area contributed by atoms with E-state index in [-0.39, 0.29) is 16.5 Å². The second kappa shape index (κ2) is 6.33. The Labute approximate surface area is 132 Å². The summed E-state index contributed by atoms with van der Waals surface area (Å²) in [6.07, 6.45) is 0. The van der Waals surface area contributed by atoms with Gasteiger partial charge in [0.05, 0.1) is 14.9 Å². The molecule has 2 aromatic carbocycles. The maximum atomic E-state index is 12.1. The molecule has 0 saturated heterocycles. The molecule has 2 rings (SSSR count). The van der Waals surface area contributed by atoms with Crippen LogP contribution in [0.25, 0.3) is 0 Å². The molecule has 0 saturated carbocycles. The van der Waals surface area contributed by atoms with Crippen molar-refractivity contribution in [2.45, 2.75) is 11.4 Å². The fourth-order valence-electron chi connectivity index (χ4n) is 1.55. The van der Waals surface area contributed by atoms with Gasteiger partial charge in [-0.05, 0) is 35.9 Å². The molecule has 0 unspecified atom stereocenters. The summed E-state index contributed by atoms with van der Waals surface area (Å²) < 4.78 is 26.7. The second-order valence-corrected chi connectivity index (χ2v) is 7.05. The first-order valence-electron chi connectivity index (χ1n) is 5.58. The maximum absolute atomic E-state index is 12.1. The summed E-state index contributed by atoms with van der Waals surface area (Å²) in [4.78, 5) is 0.0638. The zero-order chi connectivity index (χ0) is 14.8. The van der Waals surface area contributed by atoms with E-state index in [1.807, 2.05) is 0 Å². The molecule has 0 heterocycles. The van der Waals surface area contributed by atoms with Crippen LogP contribution in [0.2, 0.25) is 15.1 Å². The third-order valence-electron chi connectivity index (χ3n) is 2.56. The number of sulfonamides is 1.